The van der Waals surface area contributed by atoms with E-state index in [0.29, 0.717) is 18.5 Å². The third-order valence-corrected chi connectivity index (χ3v) is 4.25. The maximum atomic E-state index is 11.3. The molecular formula is C11H24IN3O2S. The minimum atomic E-state index is -2.93. The van der Waals surface area contributed by atoms with Gasteiger partial charge in [0.25, 0.3) is 0 Å². The number of nitrogens with two attached hydrogens (primary N) is 1. The van der Waals surface area contributed by atoms with Crippen LogP contribution < -0.4 is 11.1 Å². The van der Waals surface area contributed by atoms with Gasteiger partial charge in [0.15, 0.2) is 5.96 Å². The lowest BCUT2D eigenvalue weighted by atomic mass is 10.1. The standard InChI is InChI=1S/C11H23N3O2S.HI/c1-4-9(2)14-10(12)13-7-11(5-6-11)8-17(3,15)16;/h9H,4-8H2,1-3H3,(H3,12,13,14);1H. The number of sulfone groups is 1. The number of nitrogens with zero attached hydrogens (tertiary/aromatic N) is 1. The monoisotopic (exact) mass is 389 g/mol. The van der Waals surface area contributed by atoms with Crippen molar-refractivity contribution < 1.29 is 8.42 Å². The third kappa shape index (κ3) is 6.77. The van der Waals surface area contributed by atoms with Gasteiger partial charge in [0.05, 0.1) is 5.75 Å². The van der Waals surface area contributed by atoms with Gasteiger partial charge in [-0.1, -0.05) is 6.92 Å². The number of nitrogens with one attached hydrogen (secondary N) is 1. The van der Waals surface area contributed by atoms with Crippen LogP contribution in [0.1, 0.15) is 33.1 Å². The van der Waals surface area contributed by atoms with E-state index >= 15 is 0 Å². The Morgan fingerprint density at radius 2 is 2.06 bits per heavy atom. The molecule has 0 saturated heterocycles. The Balaban J connectivity index is 0.00000289. The second-order valence-electron chi connectivity index (χ2n) is 5.23. The molecule has 7 heteroatoms. The Bertz CT molecular complexity index is 391. The first-order valence-electron chi connectivity index (χ1n) is 6.00. The van der Waals surface area contributed by atoms with Gasteiger partial charge in [-0.05, 0) is 26.2 Å². The highest BCUT2D eigenvalue weighted by Crippen LogP contribution is 2.46. The van der Waals surface area contributed by atoms with Crippen LogP contribution in [0.2, 0.25) is 0 Å². The number of guanidine groups is 1. The van der Waals surface area contributed by atoms with Crippen molar-refractivity contribution in [2.45, 2.75) is 39.2 Å². The molecule has 1 aliphatic rings. The number of hydrogen-bond acceptors (Lipinski definition) is 3. The van der Waals surface area contributed by atoms with Crippen molar-refractivity contribution in [3.8, 4) is 0 Å². The molecule has 3 N–H and O–H groups in total. The highest BCUT2D eigenvalue weighted by atomic mass is 127. The van der Waals surface area contributed by atoms with E-state index in [2.05, 4.69) is 17.2 Å². The molecule has 5 nitrogen and oxygen atoms in total. The summed E-state index contributed by atoms with van der Waals surface area (Å²) in [5, 5.41) is 3.07. The smallest absolute Gasteiger partial charge is 0.188 e. The van der Waals surface area contributed by atoms with Crippen molar-refractivity contribution in [2.24, 2.45) is 16.1 Å². The van der Waals surface area contributed by atoms with Crippen molar-refractivity contribution in [1.29, 1.82) is 0 Å². The fraction of sp³-hybridized carbons (Fsp3) is 0.909. The molecule has 1 fully saturated rings. The van der Waals surface area contributed by atoms with Crippen LogP contribution in [0.5, 0.6) is 0 Å². The summed E-state index contributed by atoms with van der Waals surface area (Å²) in [7, 11) is -2.93. The summed E-state index contributed by atoms with van der Waals surface area (Å²) in [5.41, 5.74) is 5.59. The van der Waals surface area contributed by atoms with Gasteiger partial charge in [-0.25, -0.2) is 8.42 Å². The summed E-state index contributed by atoms with van der Waals surface area (Å²) in [6.45, 7) is 4.61. The van der Waals surface area contributed by atoms with E-state index in [4.69, 9.17) is 5.73 Å². The molecule has 108 valence electrons. The van der Waals surface area contributed by atoms with Gasteiger partial charge >= 0.3 is 0 Å². The second kappa shape index (κ2) is 6.93. The zero-order chi connectivity index (χ0) is 13.1. The molecule has 0 amide bonds. The summed E-state index contributed by atoms with van der Waals surface area (Å²) < 4.78 is 22.5. The Kier molecular flexibility index (Phi) is 6.91. The average molecular weight is 389 g/mol. The van der Waals surface area contributed by atoms with Crippen LogP contribution in [0.4, 0.5) is 0 Å². The Labute approximate surface area is 127 Å². The van der Waals surface area contributed by atoms with E-state index in [1.807, 2.05) is 6.92 Å². The van der Waals surface area contributed by atoms with Crippen LogP contribution in [0.25, 0.3) is 0 Å². The van der Waals surface area contributed by atoms with E-state index < -0.39 is 9.84 Å². The molecule has 0 aromatic rings. The van der Waals surface area contributed by atoms with Crippen molar-refractivity contribution in [2.75, 3.05) is 18.6 Å². The molecule has 0 aromatic heterocycles. The molecule has 0 spiro atoms. The zero-order valence-corrected chi connectivity index (χ0v) is 14.4. The maximum absolute atomic E-state index is 11.3. The maximum Gasteiger partial charge on any atom is 0.188 e. The Hall–Kier alpha value is -0.0500. The lowest BCUT2D eigenvalue weighted by Gasteiger charge is -2.14. The normalized spacial score (nSPS) is 19.8. The second-order valence-corrected chi connectivity index (χ2v) is 7.37. The van der Waals surface area contributed by atoms with E-state index in [9.17, 15) is 8.42 Å². The fourth-order valence-corrected chi connectivity index (χ4v) is 3.23. The largest absolute Gasteiger partial charge is 0.370 e. The first-order chi connectivity index (χ1) is 7.76. The van der Waals surface area contributed by atoms with Crippen molar-refractivity contribution in [3.63, 3.8) is 0 Å². The summed E-state index contributed by atoms with van der Waals surface area (Å²) in [6, 6.07) is 0.295. The molecule has 0 bridgehead atoms. The topological polar surface area (TPSA) is 84.5 Å². The van der Waals surface area contributed by atoms with Crippen LogP contribution >= 0.6 is 24.0 Å². The average Bonchev–Trinajstić information content (AvgIpc) is 2.92. The predicted molar refractivity (Wildman–Crippen MR) is 86.2 cm³/mol. The fourth-order valence-electron chi connectivity index (χ4n) is 1.73. The van der Waals surface area contributed by atoms with Gasteiger partial charge in [0.1, 0.15) is 9.84 Å². The van der Waals surface area contributed by atoms with E-state index in [0.717, 1.165) is 19.3 Å². The van der Waals surface area contributed by atoms with Crippen molar-refractivity contribution >= 4 is 39.8 Å². The van der Waals surface area contributed by atoms with Crippen LogP contribution in [0.15, 0.2) is 4.99 Å². The molecule has 1 saturated carbocycles. The van der Waals surface area contributed by atoms with Crippen LogP contribution in [-0.4, -0.2) is 39.0 Å². The van der Waals surface area contributed by atoms with Crippen molar-refractivity contribution in [3.05, 3.63) is 0 Å². The number of halogens is 1. The lowest BCUT2D eigenvalue weighted by Crippen LogP contribution is -2.38. The van der Waals surface area contributed by atoms with Crippen LogP contribution in [-0.2, 0) is 9.84 Å². The van der Waals surface area contributed by atoms with Crippen LogP contribution in [0, 0.1) is 5.41 Å². The van der Waals surface area contributed by atoms with Gasteiger partial charge in [0.2, 0.25) is 0 Å². The van der Waals surface area contributed by atoms with E-state index in [1.165, 1.54) is 6.26 Å². The molecule has 1 unspecified atom stereocenters. The molecule has 0 radical (unpaired) electrons. The van der Waals surface area contributed by atoms with Crippen molar-refractivity contribution in [1.82, 2.24) is 5.32 Å². The highest BCUT2D eigenvalue weighted by molar-refractivity contribution is 14.0. The molecular weight excluding hydrogens is 365 g/mol. The van der Waals surface area contributed by atoms with E-state index in [-0.39, 0.29) is 35.1 Å². The molecule has 1 rings (SSSR count). The quantitative estimate of drug-likeness (QED) is 0.405. The molecule has 18 heavy (non-hydrogen) atoms. The third-order valence-electron chi connectivity index (χ3n) is 3.12. The first-order valence-corrected chi connectivity index (χ1v) is 8.06. The zero-order valence-electron chi connectivity index (χ0n) is 11.3. The molecule has 0 aliphatic heterocycles. The SMILES string of the molecule is CCC(C)NC(N)=NCC1(CS(C)(=O)=O)CC1.I. The van der Waals surface area contributed by atoms with E-state index in [1.54, 1.807) is 0 Å². The molecule has 0 aromatic carbocycles. The van der Waals surface area contributed by atoms with Gasteiger partial charge in [0, 0.05) is 24.3 Å². The minimum absolute atomic E-state index is 0. The number of hydrogen-bond donors (Lipinski definition) is 2. The Morgan fingerprint density at radius 3 is 2.44 bits per heavy atom. The summed E-state index contributed by atoms with van der Waals surface area (Å²) in [4.78, 5) is 4.25. The lowest BCUT2D eigenvalue weighted by molar-refractivity contribution is 0.549. The Morgan fingerprint density at radius 1 is 1.50 bits per heavy atom. The van der Waals surface area contributed by atoms with Gasteiger partial charge in [-0.3, -0.25) is 4.99 Å². The van der Waals surface area contributed by atoms with Crippen LogP contribution in [0.3, 0.4) is 0 Å². The van der Waals surface area contributed by atoms with Gasteiger partial charge in [-0.15, -0.1) is 24.0 Å². The first kappa shape index (κ1) is 17.9. The molecule has 1 aliphatic carbocycles. The predicted octanol–water partition coefficient (Wildman–Crippen LogP) is 1.13. The van der Waals surface area contributed by atoms with Gasteiger partial charge in [-0.2, -0.15) is 0 Å². The highest BCUT2D eigenvalue weighted by Gasteiger charge is 2.45. The summed E-state index contributed by atoms with van der Waals surface area (Å²) in [5.74, 6) is 0.638. The summed E-state index contributed by atoms with van der Waals surface area (Å²) in [6.07, 6.45) is 4.11. The van der Waals surface area contributed by atoms with Gasteiger partial charge < -0.3 is 11.1 Å². The number of aliphatic imine (C=N–C) groups is 1. The molecule has 1 atom stereocenters. The summed E-state index contributed by atoms with van der Waals surface area (Å²) >= 11 is 0. The number of rotatable bonds is 6. The molecule has 0 heterocycles. The minimum Gasteiger partial charge on any atom is -0.370 e.